The van der Waals surface area contributed by atoms with Crippen molar-refractivity contribution in [1.29, 1.82) is 0 Å². The molecule has 0 aromatic heterocycles. The largest absolute Gasteiger partial charge is 0.452 e. The Labute approximate surface area is 148 Å². The van der Waals surface area contributed by atoms with Crippen molar-refractivity contribution in [3.63, 3.8) is 0 Å². The molecule has 0 bridgehead atoms. The van der Waals surface area contributed by atoms with Gasteiger partial charge in [0.1, 0.15) is 6.54 Å². The predicted octanol–water partition coefficient (Wildman–Crippen LogP) is 2.04. The zero-order valence-electron chi connectivity index (χ0n) is 14.1. The second-order valence-corrected chi connectivity index (χ2v) is 6.05. The monoisotopic (exact) mass is 372 g/mol. The van der Waals surface area contributed by atoms with E-state index in [1.165, 1.54) is 23.4 Å². The van der Waals surface area contributed by atoms with Crippen LogP contribution < -0.4 is 10.6 Å². The highest BCUT2D eigenvalue weighted by molar-refractivity contribution is 5.97. The van der Waals surface area contributed by atoms with Crippen molar-refractivity contribution in [2.24, 2.45) is 0 Å². The van der Waals surface area contributed by atoms with Gasteiger partial charge in [-0.3, -0.25) is 14.9 Å². The number of nitrogens with one attached hydrogen (secondary N) is 2. The molecule has 1 aliphatic carbocycles. The lowest BCUT2D eigenvalue weighted by atomic mass is 10.0. The summed E-state index contributed by atoms with van der Waals surface area (Å²) in [7, 11) is 0. The number of esters is 1. The van der Waals surface area contributed by atoms with Crippen molar-refractivity contribution >= 4 is 17.9 Å². The molecule has 0 saturated heterocycles. The van der Waals surface area contributed by atoms with Gasteiger partial charge in [0, 0.05) is 0 Å². The zero-order chi connectivity index (χ0) is 19.3. The first kappa shape index (κ1) is 19.7. The maximum absolute atomic E-state index is 12.0. The maximum atomic E-state index is 12.0. The van der Waals surface area contributed by atoms with Crippen molar-refractivity contribution < 1.29 is 32.3 Å². The molecule has 9 heteroatoms. The lowest BCUT2D eigenvalue weighted by Crippen LogP contribution is -2.47. The summed E-state index contributed by atoms with van der Waals surface area (Å²) in [6, 6.07) is 4.40. The molecule has 0 heterocycles. The van der Waals surface area contributed by atoms with Gasteiger partial charge < -0.3 is 10.1 Å². The Morgan fingerprint density at radius 2 is 1.88 bits per heavy atom. The van der Waals surface area contributed by atoms with Gasteiger partial charge in [0.15, 0.2) is 6.10 Å². The van der Waals surface area contributed by atoms with Crippen LogP contribution in [0.1, 0.15) is 30.0 Å². The summed E-state index contributed by atoms with van der Waals surface area (Å²) in [5.74, 6) is -1.67. The summed E-state index contributed by atoms with van der Waals surface area (Å²) in [5, 5.41) is 3.18. The van der Waals surface area contributed by atoms with Crippen LogP contribution in [0.25, 0.3) is 0 Å². The number of carbonyl (C=O) groups is 3. The minimum Gasteiger partial charge on any atom is -0.452 e. The van der Waals surface area contributed by atoms with Gasteiger partial charge in [-0.15, -0.1) is 0 Å². The number of ether oxygens (including phenoxy) is 1. The van der Waals surface area contributed by atoms with Crippen LogP contribution in [0, 0.1) is 0 Å². The number of rotatable bonds is 5. The average molecular weight is 372 g/mol. The molecule has 0 spiro atoms. The molecule has 2 N–H and O–H groups in total. The fourth-order valence-corrected chi connectivity index (χ4v) is 2.63. The second-order valence-electron chi connectivity index (χ2n) is 6.05. The number of imide groups is 1. The van der Waals surface area contributed by atoms with E-state index in [0.717, 1.165) is 24.8 Å². The van der Waals surface area contributed by atoms with E-state index in [0.29, 0.717) is 0 Å². The quantitative estimate of drug-likeness (QED) is 0.775. The van der Waals surface area contributed by atoms with Crippen LogP contribution in [0.4, 0.5) is 18.0 Å². The molecule has 1 atom stereocenters. The van der Waals surface area contributed by atoms with Crippen LogP contribution in [0.2, 0.25) is 0 Å². The highest BCUT2D eigenvalue weighted by atomic mass is 19.4. The number of benzene rings is 1. The predicted molar refractivity (Wildman–Crippen MR) is 85.3 cm³/mol. The van der Waals surface area contributed by atoms with E-state index >= 15 is 0 Å². The van der Waals surface area contributed by atoms with Crippen LogP contribution >= 0.6 is 0 Å². The zero-order valence-corrected chi connectivity index (χ0v) is 14.1. The number of urea groups is 1. The first-order chi connectivity index (χ1) is 12.1. The molecular formula is C17H19F3N2O4. The minimum atomic E-state index is -4.59. The first-order valence-electron chi connectivity index (χ1n) is 8.09. The summed E-state index contributed by atoms with van der Waals surface area (Å²) < 4.78 is 40.9. The molecule has 2 rings (SSSR count). The first-order valence-corrected chi connectivity index (χ1v) is 8.09. The van der Waals surface area contributed by atoms with Crippen LogP contribution in [-0.2, 0) is 33.6 Å². The van der Waals surface area contributed by atoms with Crippen LogP contribution in [0.3, 0.4) is 0 Å². The molecule has 1 aromatic carbocycles. The Balaban J connectivity index is 1.79. The fraction of sp³-hybridized carbons (Fsp3) is 0.471. The van der Waals surface area contributed by atoms with Crippen molar-refractivity contribution in [2.75, 3.05) is 6.54 Å². The highest BCUT2D eigenvalue weighted by Gasteiger charge is 2.28. The molecule has 0 aliphatic heterocycles. The summed E-state index contributed by atoms with van der Waals surface area (Å²) in [6.45, 7) is -0.342. The molecule has 0 saturated carbocycles. The van der Waals surface area contributed by atoms with Gasteiger partial charge in [-0.1, -0.05) is 18.2 Å². The van der Waals surface area contributed by atoms with Gasteiger partial charge in [-0.25, -0.2) is 4.79 Å². The number of aryl methyl sites for hydroxylation is 2. The Morgan fingerprint density at radius 3 is 2.58 bits per heavy atom. The van der Waals surface area contributed by atoms with E-state index in [9.17, 15) is 27.6 Å². The molecule has 1 unspecified atom stereocenters. The number of hydrogen-bond acceptors (Lipinski definition) is 4. The fourth-order valence-electron chi connectivity index (χ4n) is 2.63. The lowest BCUT2D eigenvalue weighted by molar-refractivity contribution is -0.153. The third-order valence-corrected chi connectivity index (χ3v) is 3.87. The Morgan fingerprint density at radius 1 is 1.19 bits per heavy atom. The summed E-state index contributed by atoms with van der Waals surface area (Å²) in [4.78, 5) is 34.8. The number of halogens is 3. The Kier molecular flexibility index (Phi) is 6.23. The summed E-state index contributed by atoms with van der Waals surface area (Å²) in [6.07, 6.45) is -2.87. The molecule has 6 nitrogen and oxygen atoms in total. The van der Waals surface area contributed by atoms with Crippen LogP contribution in [0.5, 0.6) is 0 Å². The van der Waals surface area contributed by atoms with E-state index in [-0.39, 0.29) is 6.42 Å². The molecule has 1 aromatic rings. The van der Waals surface area contributed by atoms with Gasteiger partial charge in [-0.2, -0.15) is 13.2 Å². The van der Waals surface area contributed by atoms with Crippen molar-refractivity contribution in [1.82, 2.24) is 10.6 Å². The van der Waals surface area contributed by atoms with Crippen LogP contribution in [0.15, 0.2) is 18.2 Å². The third-order valence-electron chi connectivity index (χ3n) is 3.87. The summed E-state index contributed by atoms with van der Waals surface area (Å²) in [5.41, 5.74) is 3.22. The van der Waals surface area contributed by atoms with Crippen molar-refractivity contribution in [2.45, 2.75) is 44.9 Å². The van der Waals surface area contributed by atoms with Crippen LogP contribution in [-0.4, -0.2) is 36.7 Å². The maximum Gasteiger partial charge on any atom is 0.405 e. The number of alkyl halides is 3. The Bertz CT molecular complexity index is 704. The molecule has 142 valence electrons. The molecule has 26 heavy (non-hydrogen) atoms. The smallest absolute Gasteiger partial charge is 0.405 e. The van der Waals surface area contributed by atoms with Crippen molar-refractivity contribution in [3.8, 4) is 0 Å². The lowest BCUT2D eigenvalue weighted by Gasteiger charge is -2.14. The average Bonchev–Trinajstić information content (AvgIpc) is 2.99. The number of amides is 3. The standard InChI is InChI=1S/C17H19F3N2O4/c1-10(15(24)22-16(25)21-9-17(18,19)20)26-14(23)8-11-5-6-12-3-2-4-13(12)7-11/h5-7,10H,2-4,8-9H2,1H3,(H2,21,22,24,25). The normalized spacial score (nSPS) is 14.3. The van der Waals surface area contributed by atoms with E-state index in [2.05, 4.69) is 0 Å². The molecular weight excluding hydrogens is 353 g/mol. The highest BCUT2D eigenvalue weighted by Crippen LogP contribution is 2.23. The summed E-state index contributed by atoms with van der Waals surface area (Å²) >= 11 is 0. The van der Waals surface area contributed by atoms with Crippen molar-refractivity contribution in [3.05, 3.63) is 34.9 Å². The van der Waals surface area contributed by atoms with E-state index in [1.807, 2.05) is 18.2 Å². The molecule has 0 fully saturated rings. The Hall–Kier alpha value is -2.58. The molecule has 1 aliphatic rings. The number of fused-ring (bicyclic) bond motifs is 1. The van der Waals surface area contributed by atoms with E-state index < -0.39 is 36.7 Å². The minimum absolute atomic E-state index is 0.0365. The number of hydrogen-bond donors (Lipinski definition) is 2. The van der Waals surface area contributed by atoms with E-state index in [4.69, 9.17) is 4.74 Å². The van der Waals surface area contributed by atoms with Gasteiger partial charge in [-0.05, 0) is 42.9 Å². The number of carbonyl (C=O) groups excluding carboxylic acids is 3. The SMILES string of the molecule is CC(OC(=O)Cc1ccc2c(c1)CCC2)C(=O)NC(=O)NCC(F)(F)F. The van der Waals surface area contributed by atoms with Gasteiger partial charge in [0.2, 0.25) is 0 Å². The second kappa shape index (κ2) is 8.20. The topological polar surface area (TPSA) is 84.5 Å². The van der Waals surface area contributed by atoms with Gasteiger partial charge >= 0.3 is 18.2 Å². The van der Waals surface area contributed by atoms with E-state index in [1.54, 1.807) is 5.32 Å². The third kappa shape index (κ3) is 6.05. The molecule has 3 amide bonds. The molecule has 0 radical (unpaired) electrons. The van der Waals surface area contributed by atoms with Gasteiger partial charge in [0.05, 0.1) is 6.42 Å². The van der Waals surface area contributed by atoms with Gasteiger partial charge in [0.25, 0.3) is 5.91 Å².